The Bertz CT molecular complexity index is 510. The van der Waals surface area contributed by atoms with Gasteiger partial charge in [0.05, 0.1) is 5.01 Å². The number of hydrogen-bond acceptors (Lipinski definition) is 4. The lowest BCUT2D eigenvalue weighted by atomic mass is 10.3. The van der Waals surface area contributed by atoms with E-state index in [1.54, 1.807) is 11.3 Å². The smallest absolute Gasteiger partial charge is 0.126 e. The van der Waals surface area contributed by atoms with Gasteiger partial charge in [-0.25, -0.2) is 9.97 Å². The minimum Gasteiger partial charge on any atom is -0.370 e. The maximum absolute atomic E-state index is 4.42. The van der Waals surface area contributed by atoms with Gasteiger partial charge in [0.25, 0.3) is 0 Å². The second kappa shape index (κ2) is 5.60. The Kier molecular flexibility index (Phi) is 4.12. The molecule has 2 rings (SSSR count). The van der Waals surface area contributed by atoms with E-state index in [1.807, 2.05) is 19.2 Å². The van der Waals surface area contributed by atoms with Crippen molar-refractivity contribution in [2.24, 2.45) is 0 Å². The molecule has 0 saturated carbocycles. The van der Waals surface area contributed by atoms with Crippen molar-refractivity contribution in [2.45, 2.75) is 20.3 Å². The van der Waals surface area contributed by atoms with Crippen molar-refractivity contribution in [1.29, 1.82) is 0 Å². The van der Waals surface area contributed by atoms with Crippen molar-refractivity contribution in [1.82, 2.24) is 9.97 Å². The van der Waals surface area contributed by atoms with Gasteiger partial charge in [0.2, 0.25) is 0 Å². The summed E-state index contributed by atoms with van der Waals surface area (Å²) in [6.07, 6.45) is 2.76. The molecule has 0 radical (unpaired) electrons. The lowest BCUT2D eigenvalue weighted by Gasteiger charge is -2.05. The van der Waals surface area contributed by atoms with Gasteiger partial charge in [-0.3, -0.25) is 0 Å². The molecule has 0 bridgehead atoms. The maximum atomic E-state index is 4.42. The number of halogens is 1. The minimum absolute atomic E-state index is 0.862. The van der Waals surface area contributed by atoms with Gasteiger partial charge >= 0.3 is 0 Å². The number of nitrogens with one attached hydrogen (secondary N) is 1. The molecule has 0 spiro atoms. The fraction of sp³-hybridized carbons (Fsp3) is 0.333. The number of rotatable bonds is 4. The molecule has 0 unspecified atom stereocenters. The molecule has 2 aromatic heterocycles. The highest BCUT2D eigenvalue weighted by Crippen LogP contribution is 2.17. The maximum Gasteiger partial charge on any atom is 0.126 e. The van der Waals surface area contributed by atoms with Crippen LogP contribution in [-0.2, 0) is 6.42 Å². The third kappa shape index (κ3) is 3.51. The number of hydrogen-bond donors (Lipinski definition) is 1. The second-order valence-electron chi connectivity index (χ2n) is 3.88. The summed E-state index contributed by atoms with van der Waals surface area (Å²) in [6, 6.07) is 2.04. The van der Waals surface area contributed by atoms with Crippen molar-refractivity contribution in [3.05, 3.63) is 38.4 Å². The highest BCUT2D eigenvalue weighted by molar-refractivity contribution is 9.10. The lowest BCUT2D eigenvalue weighted by Crippen LogP contribution is -2.06. The molecule has 0 aliphatic heterocycles. The Labute approximate surface area is 113 Å². The third-order valence-electron chi connectivity index (χ3n) is 2.36. The minimum atomic E-state index is 0.862. The molecule has 0 saturated heterocycles. The molecule has 3 nitrogen and oxygen atoms in total. The molecule has 90 valence electrons. The molecule has 0 aliphatic carbocycles. The molecule has 5 heteroatoms. The van der Waals surface area contributed by atoms with E-state index in [0.29, 0.717) is 0 Å². The molecule has 2 heterocycles. The normalized spacial score (nSPS) is 10.5. The van der Waals surface area contributed by atoms with Gasteiger partial charge in [0.1, 0.15) is 5.82 Å². The first-order valence-electron chi connectivity index (χ1n) is 5.42. The van der Waals surface area contributed by atoms with E-state index >= 15 is 0 Å². The van der Waals surface area contributed by atoms with Crippen LogP contribution in [0.5, 0.6) is 0 Å². The molecule has 0 atom stereocenters. The van der Waals surface area contributed by atoms with Crippen molar-refractivity contribution >= 4 is 33.1 Å². The standard InChI is InChI=1S/C12H14BrN3S/c1-8-5-11(15-6-10(8)13)14-4-3-12-16-9(2)7-17-12/h5-7H,3-4H2,1-2H3,(H,14,15). The molecule has 17 heavy (non-hydrogen) atoms. The van der Waals surface area contributed by atoms with Crippen LogP contribution in [0.4, 0.5) is 5.82 Å². The van der Waals surface area contributed by atoms with Crippen LogP contribution in [-0.4, -0.2) is 16.5 Å². The molecular formula is C12H14BrN3S. The Morgan fingerprint density at radius 2 is 2.24 bits per heavy atom. The molecule has 0 aliphatic rings. The largest absolute Gasteiger partial charge is 0.370 e. The number of anilines is 1. The average Bonchev–Trinajstić information content (AvgIpc) is 2.70. The van der Waals surface area contributed by atoms with Crippen LogP contribution >= 0.6 is 27.3 Å². The lowest BCUT2D eigenvalue weighted by molar-refractivity contribution is 0.976. The Morgan fingerprint density at radius 3 is 2.88 bits per heavy atom. The number of aromatic nitrogens is 2. The molecule has 0 fully saturated rings. The zero-order valence-corrected chi connectivity index (χ0v) is 12.2. The van der Waals surface area contributed by atoms with Crippen LogP contribution in [0.25, 0.3) is 0 Å². The van der Waals surface area contributed by atoms with Crippen molar-refractivity contribution in [3.63, 3.8) is 0 Å². The predicted molar refractivity (Wildman–Crippen MR) is 75.7 cm³/mol. The number of thiazole rings is 1. The van der Waals surface area contributed by atoms with E-state index in [0.717, 1.165) is 29.0 Å². The predicted octanol–water partition coefficient (Wildman–Crippen LogP) is 3.57. The summed E-state index contributed by atoms with van der Waals surface area (Å²) < 4.78 is 1.04. The van der Waals surface area contributed by atoms with E-state index < -0.39 is 0 Å². The van der Waals surface area contributed by atoms with Crippen LogP contribution in [0.2, 0.25) is 0 Å². The summed E-state index contributed by atoms with van der Waals surface area (Å²) >= 11 is 5.15. The SMILES string of the molecule is Cc1csc(CCNc2cc(C)c(Br)cn2)n1. The Balaban J connectivity index is 1.87. The van der Waals surface area contributed by atoms with Gasteiger partial charge in [0.15, 0.2) is 0 Å². The number of pyridine rings is 1. The fourth-order valence-electron chi connectivity index (χ4n) is 1.45. The number of nitrogens with zero attached hydrogens (tertiary/aromatic N) is 2. The van der Waals surface area contributed by atoms with E-state index in [-0.39, 0.29) is 0 Å². The first-order chi connectivity index (χ1) is 8.15. The molecule has 0 aromatic carbocycles. The summed E-state index contributed by atoms with van der Waals surface area (Å²) in [5.74, 6) is 0.916. The number of aryl methyl sites for hydroxylation is 2. The Morgan fingerprint density at radius 1 is 1.41 bits per heavy atom. The zero-order valence-electron chi connectivity index (χ0n) is 9.83. The van der Waals surface area contributed by atoms with E-state index in [9.17, 15) is 0 Å². The van der Waals surface area contributed by atoms with Gasteiger partial charge in [0, 0.05) is 34.7 Å². The second-order valence-corrected chi connectivity index (χ2v) is 5.68. The van der Waals surface area contributed by atoms with E-state index in [4.69, 9.17) is 0 Å². The fourth-order valence-corrected chi connectivity index (χ4v) is 2.44. The monoisotopic (exact) mass is 311 g/mol. The first kappa shape index (κ1) is 12.5. The summed E-state index contributed by atoms with van der Waals surface area (Å²) in [7, 11) is 0. The quantitative estimate of drug-likeness (QED) is 0.938. The molecule has 1 N–H and O–H groups in total. The summed E-state index contributed by atoms with van der Waals surface area (Å²) in [5, 5.41) is 6.56. The van der Waals surface area contributed by atoms with Gasteiger partial charge in [-0.2, -0.15) is 0 Å². The zero-order chi connectivity index (χ0) is 12.3. The van der Waals surface area contributed by atoms with Gasteiger partial charge in [-0.15, -0.1) is 11.3 Å². The van der Waals surface area contributed by atoms with Crippen LogP contribution < -0.4 is 5.32 Å². The van der Waals surface area contributed by atoms with Gasteiger partial charge < -0.3 is 5.32 Å². The van der Waals surface area contributed by atoms with Crippen LogP contribution in [0.3, 0.4) is 0 Å². The molecule has 0 amide bonds. The molecular weight excluding hydrogens is 298 g/mol. The van der Waals surface area contributed by atoms with Crippen LogP contribution in [0.1, 0.15) is 16.3 Å². The topological polar surface area (TPSA) is 37.8 Å². The highest BCUT2D eigenvalue weighted by Gasteiger charge is 2.00. The summed E-state index contributed by atoms with van der Waals surface area (Å²) in [5.41, 5.74) is 2.29. The summed E-state index contributed by atoms with van der Waals surface area (Å²) in [6.45, 7) is 4.94. The van der Waals surface area contributed by atoms with Crippen molar-refractivity contribution in [2.75, 3.05) is 11.9 Å². The average molecular weight is 312 g/mol. The van der Waals surface area contributed by atoms with Gasteiger partial charge in [-0.05, 0) is 41.4 Å². The first-order valence-corrected chi connectivity index (χ1v) is 7.09. The van der Waals surface area contributed by atoms with Crippen LogP contribution in [0, 0.1) is 13.8 Å². The van der Waals surface area contributed by atoms with Crippen molar-refractivity contribution < 1.29 is 0 Å². The summed E-state index contributed by atoms with van der Waals surface area (Å²) in [4.78, 5) is 8.72. The van der Waals surface area contributed by atoms with Crippen molar-refractivity contribution in [3.8, 4) is 0 Å². The Hall–Kier alpha value is -0.940. The third-order valence-corrected chi connectivity index (χ3v) is 4.22. The highest BCUT2D eigenvalue weighted by atomic mass is 79.9. The van der Waals surface area contributed by atoms with Crippen LogP contribution in [0.15, 0.2) is 22.1 Å². The van der Waals surface area contributed by atoms with Gasteiger partial charge in [-0.1, -0.05) is 0 Å². The van der Waals surface area contributed by atoms with E-state index in [2.05, 4.69) is 43.5 Å². The molecule has 2 aromatic rings. The van der Waals surface area contributed by atoms with E-state index in [1.165, 1.54) is 10.6 Å².